The Morgan fingerprint density at radius 3 is 2.25 bits per heavy atom. The zero-order valence-electron chi connectivity index (χ0n) is 10.5. The van der Waals surface area contributed by atoms with Gasteiger partial charge in [-0.25, -0.2) is 0 Å². The first-order valence-corrected chi connectivity index (χ1v) is 7.06. The van der Waals surface area contributed by atoms with Crippen LogP contribution < -0.4 is 0 Å². The van der Waals surface area contributed by atoms with Gasteiger partial charge < -0.3 is 5.11 Å². The third kappa shape index (κ3) is 4.09. The molecule has 0 atom stereocenters. The van der Waals surface area contributed by atoms with Crippen molar-refractivity contribution in [2.24, 2.45) is 0 Å². The quantitative estimate of drug-likeness (QED) is 0.573. The lowest BCUT2D eigenvalue weighted by molar-refractivity contribution is 0.474. The van der Waals surface area contributed by atoms with Gasteiger partial charge in [0.05, 0.1) is 0 Å². The lowest BCUT2D eigenvalue weighted by Crippen LogP contribution is -1.88. The largest absolute Gasteiger partial charge is 0.508 e. The number of aryl methyl sites for hydroxylation is 2. The number of thioether (sulfide) groups is 1. The van der Waals surface area contributed by atoms with Crippen LogP contribution >= 0.6 is 11.8 Å². The van der Waals surface area contributed by atoms with Crippen LogP contribution in [0.15, 0.2) is 17.0 Å². The van der Waals surface area contributed by atoms with Gasteiger partial charge in [-0.1, -0.05) is 26.2 Å². The molecule has 0 spiro atoms. The van der Waals surface area contributed by atoms with Gasteiger partial charge in [-0.3, -0.25) is 0 Å². The topological polar surface area (TPSA) is 20.2 Å². The van der Waals surface area contributed by atoms with E-state index in [2.05, 4.69) is 20.8 Å². The van der Waals surface area contributed by atoms with E-state index in [4.69, 9.17) is 0 Å². The standard InChI is InChI=1S/C14H22OS/c1-4-5-6-7-8-16-14-11(2)9-13(15)10-12(14)3/h9-10,15H,4-8H2,1-3H3. The number of hydrogen-bond donors (Lipinski definition) is 1. The fraction of sp³-hybridized carbons (Fsp3) is 0.571. The molecule has 0 amide bonds. The van der Waals surface area contributed by atoms with E-state index in [0.717, 1.165) is 0 Å². The summed E-state index contributed by atoms with van der Waals surface area (Å²) in [5, 5.41) is 9.45. The van der Waals surface area contributed by atoms with E-state index in [1.165, 1.54) is 47.5 Å². The molecule has 2 heteroatoms. The zero-order chi connectivity index (χ0) is 12.0. The van der Waals surface area contributed by atoms with Crippen LogP contribution in [0.1, 0.15) is 43.7 Å². The van der Waals surface area contributed by atoms with Gasteiger partial charge in [-0.05, 0) is 49.3 Å². The Morgan fingerprint density at radius 2 is 1.69 bits per heavy atom. The Labute approximate surface area is 103 Å². The second-order valence-corrected chi connectivity index (χ2v) is 5.42. The molecular weight excluding hydrogens is 216 g/mol. The molecule has 16 heavy (non-hydrogen) atoms. The summed E-state index contributed by atoms with van der Waals surface area (Å²) in [6.07, 6.45) is 5.26. The number of hydrogen-bond acceptors (Lipinski definition) is 2. The molecule has 0 aliphatic rings. The van der Waals surface area contributed by atoms with Gasteiger partial charge in [-0.15, -0.1) is 11.8 Å². The van der Waals surface area contributed by atoms with Crippen LogP contribution in [0.2, 0.25) is 0 Å². The highest BCUT2D eigenvalue weighted by molar-refractivity contribution is 7.99. The van der Waals surface area contributed by atoms with Crippen LogP contribution in [0, 0.1) is 13.8 Å². The van der Waals surface area contributed by atoms with Gasteiger partial charge in [0.2, 0.25) is 0 Å². The Kier molecular flexibility index (Phi) is 5.75. The second kappa shape index (κ2) is 6.85. The minimum absolute atomic E-state index is 0.380. The summed E-state index contributed by atoms with van der Waals surface area (Å²) in [6, 6.07) is 3.70. The van der Waals surface area contributed by atoms with Crippen molar-refractivity contribution in [3.05, 3.63) is 23.3 Å². The summed E-state index contributed by atoms with van der Waals surface area (Å²) in [6.45, 7) is 6.38. The zero-order valence-corrected chi connectivity index (χ0v) is 11.4. The molecule has 0 saturated heterocycles. The van der Waals surface area contributed by atoms with Crippen LogP contribution in [0.5, 0.6) is 5.75 Å². The van der Waals surface area contributed by atoms with Crippen LogP contribution in [0.3, 0.4) is 0 Å². The third-order valence-corrected chi connectivity index (χ3v) is 4.11. The monoisotopic (exact) mass is 238 g/mol. The molecule has 0 aliphatic heterocycles. The Balaban J connectivity index is 2.47. The maximum atomic E-state index is 9.45. The van der Waals surface area contributed by atoms with E-state index in [1.54, 1.807) is 0 Å². The van der Waals surface area contributed by atoms with Crippen molar-refractivity contribution in [2.75, 3.05) is 5.75 Å². The van der Waals surface area contributed by atoms with Crippen molar-refractivity contribution in [2.45, 2.75) is 51.3 Å². The molecule has 0 heterocycles. The van der Waals surface area contributed by atoms with E-state index < -0.39 is 0 Å². The highest BCUT2D eigenvalue weighted by Crippen LogP contribution is 2.30. The lowest BCUT2D eigenvalue weighted by Gasteiger charge is -2.09. The fourth-order valence-electron chi connectivity index (χ4n) is 1.86. The number of benzene rings is 1. The highest BCUT2D eigenvalue weighted by Gasteiger charge is 2.04. The molecule has 0 bridgehead atoms. The van der Waals surface area contributed by atoms with Crippen molar-refractivity contribution in [3.63, 3.8) is 0 Å². The van der Waals surface area contributed by atoms with Crippen molar-refractivity contribution in [1.29, 1.82) is 0 Å². The molecule has 0 aliphatic carbocycles. The fourth-order valence-corrected chi connectivity index (χ4v) is 2.98. The van der Waals surface area contributed by atoms with Gasteiger partial charge in [0.15, 0.2) is 0 Å². The predicted molar refractivity (Wildman–Crippen MR) is 72.4 cm³/mol. The van der Waals surface area contributed by atoms with Crippen molar-refractivity contribution in [1.82, 2.24) is 0 Å². The molecule has 0 aromatic heterocycles. The SMILES string of the molecule is CCCCCCSc1c(C)cc(O)cc1C. The first-order chi connectivity index (χ1) is 7.65. The molecular formula is C14H22OS. The molecule has 0 saturated carbocycles. The minimum atomic E-state index is 0.380. The van der Waals surface area contributed by atoms with Gasteiger partial charge >= 0.3 is 0 Å². The van der Waals surface area contributed by atoms with Gasteiger partial charge in [0.1, 0.15) is 5.75 Å². The third-order valence-electron chi connectivity index (χ3n) is 2.69. The van der Waals surface area contributed by atoms with E-state index in [1.807, 2.05) is 23.9 Å². The molecule has 0 fully saturated rings. The Morgan fingerprint density at radius 1 is 1.06 bits per heavy atom. The van der Waals surface area contributed by atoms with Crippen molar-refractivity contribution >= 4 is 11.8 Å². The van der Waals surface area contributed by atoms with Gasteiger partial charge in [0.25, 0.3) is 0 Å². The molecule has 90 valence electrons. The Bertz CT molecular complexity index is 311. The molecule has 1 N–H and O–H groups in total. The lowest BCUT2D eigenvalue weighted by atomic mass is 10.1. The van der Waals surface area contributed by atoms with Gasteiger partial charge in [-0.2, -0.15) is 0 Å². The smallest absolute Gasteiger partial charge is 0.116 e. The van der Waals surface area contributed by atoms with Crippen LogP contribution in [-0.4, -0.2) is 10.9 Å². The summed E-state index contributed by atoms with van der Waals surface area (Å²) < 4.78 is 0. The summed E-state index contributed by atoms with van der Waals surface area (Å²) in [4.78, 5) is 1.34. The van der Waals surface area contributed by atoms with Crippen molar-refractivity contribution in [3.8, 4) is 5.75 Å². The minimum Gasteiger partial charge on any atom is -0.508 e. The summed E-state index contributed by atoms with van der Waals surface area (Å²) in [5.41, 5.74) is 2.39. The van der Waals surface area contributed by atoms with E-state index >= 15 is 0 Å². The maximum Gasteiger partial charge on any atom is 0.116 e. The van der Waals surface area contributed by atoms with Crippen LogP contribution in [-0.2, 0) is 0 Å². The molecule has 1 rings (SSSR count). The average molecular weight is 238 g/mol. The number of rotatable bonds is 6. The maximum absolute atomic E-state index is 9.45. The van der Waals surface area contributed by atoms with Gasteiger partial charge in [0, 0.05) is 4.90 Å². The summed E-state index contributed by atoms with van der Waals surface area (Å²) in [5.74, 6) is 1.57. The van der Waals surface area contributed by atoms with E-state index in [9.17, 15) is 5.11 Å². The second-order valence-electron chi connectivity index (χ2n) is 4.32. The molecule has 1 aromatic carbocycles. The van der Waals surface area contributed by atoms with Crippen molar-refractivity contribution < 1.29 is 5.11 Å². The molecule has 0 unspecified atom stereocenters. The normalized spacial score (nSPS) is 10.7. The highest BCUT2D eigenvalue weighted by atomic mass is 32.2. The molecule has 1 aromatic rings. The Hall–Kier alpha value is -0.630. The van der Waals surface area contributed by atoms with E-state index in [-0.39, 0.29) is 0 Å². The number of phenols is 1. The average Bonchev–Trinajstić information content (AvgIpc) is 2.20. The predicted octanol–water partition coefficient (Wildman–Crippen LogP) is 4.68. The van der Waals surface area contributed by atoms with E-state index in [0.29, 0.717) is 5.75 Å². The van der Waals surface area contributed by atoms with Crippen LogP contribution in [0.25, 0.3) is 0 Å². The van der Waals surface area contributed by atoms with Crippen LogP contribution in [0.4, 0.5) is 0 Å². The first kappa shape index (κ1) is 13.4. The molecule has 1 nitrogen and oxygen atoms in total. The molecule has 0 radical (unpaired) electrons. The first-order valence-electron chi connectivity index (χ1n) is 6.08. The summed E-state index contributed by atoms with van der Waals surface area (Å²) >= 11 is 1.92. The number of unbranched alkanes of at least 4 members (excludes halogenated alkanes) is 3. The summed E-state index contributed by atoms with van der Waals surface area (Å²) in [7, 11) is 0. The number of phenolic OH excluding ortho intramolecular Hbond substituents is 1. The number of aromatic hydroxyl groups is 1.